The molecule has 166 valence electrons. The van der Waals surface area contributed by atoms with E-state index in [1.54, 1.807) is 12.1 Å². The van der Waals surface area contributed by atoms with Crippen molar-refractivity contribution in [2.75, 3.05) is 0 Å². The second-order valence-electron chi connectivity index (χ2n) is 7.90. The van der Waals surface area contributed by atoms with Gasteiger partial charge < -0.3 is 9.88 Å². The van der Waals surface area contributed by atoms with Gasteiger partial charge in [0.05, 0.1) is 6.04 Å². The van der Waals surface area contributed by atoms with Crippen LogP contribution in [0.1, 0.15) is 50.4 Å². The molecule has 0 aliphatic heterocycles. The molecule has 1 heterocycles. The van der Waals surface area contributed by atoms with Gasteiger partial charge in [0, 0.05) is 29.2 Å². The monoisotopic (exact) mass is 455 g/mol. The molecule has 1 atom stereocenters. The maximum atomic E-state index is 12.6. The fraction of sp³-hybridized carbons (Fsp3) is 0.148. The maximum absolute atomic E-state index is 12.6. The van der Waals surface area contributed by atoms with Crippen LogP contribution < -0.4 is 10.1 Å². The van der Waals surface area contributed by atoms with Gasteiger partial charge in [-0.3, -0.25) is 9.59 Å². The predicted octanol–water partition coefficient (Wildman–Crippen LogP) is 5.14. The van der Waals surface area contributed by atoms with Gasteiger partial charge in [0.2, 0.25) is 0 Å². The van der Waals surface area contributed by atoms with Gasteiger partial charge in [-0.2, -0.15) is 4.99 Å². The van der Waals surface area contributed by atoms with E-state index in [0.717, 1.165) is 16.7 Å². The highest BCUT2D eigenvalue weighted by Gasteiger charge is 2.11. The summed E-state index contributed by atoms with van der Waals surface area (Å²) in [6, 6.07) is 24.7. The number of aromatic nitrogens is 1. The summed E-state index contributed by atoms with van der Waals surface area (Å²) < 4.78 is 1.93. The first-order valence-electron chi connectivity index (χ1n) is 10.7. The lowest BCUT2D eigenvalue weighted by Crippen LogP contribution is -2.26. The predicted molar refractivity (Wildman–Crippen MR) is 131 cm³/mol. The van der Waals surface area contributed by atoms with Crippen molar-refractivity contribution in [2.45, 2.75) is 26.4 Å². The molecule has 3 aromatic carbocycles. The Morgan fingerprint density at radius 1 is 0.939 bits per heavy atom. The van der Waals surface area contributed by atoms with Crippen LogP contribution in [0.25, 0.3) is 0 Å². The molecule has 1 unspecified atom stereocenters. The lowest BCUT2D eigenvalue weighted by atomic mass is 10.1. The fourth-order valence-corrected chi connectivity index (χ4v) is 4.14. The van der Waals surface area contributed by atoms with E-state index in [0.29, 0.717) is 22.5 Å². The van der Waals surface area contributed by atoms with Gasteiger partial charge in [0.1, 0.15) is 0 Å². The molecule has 5 nitrogen and oxygen atoms in total. The highest BCUT2D eigenvalue weighted by atomic mass is 32.1. The SMILES string of the molecule is Cc1ccc(C(=O)N=c2sccn2Cc2ccc(C(=O)NC(C)c3ccccc3)cc2)cc1. The molecule has 6 heteroatoms. The van der Waals surface area contributed by atoms with Crippen LogP contribution in [0.3, 0.4) is 0 Å². The summed E-state index contributed by atoms with van der Waals surface area (Å²) in [4.78, 5) is 30.1. The van der Waals surface area contributed by atoms with Crippen molar-refractivity contribution in [2.24, 2.45) is 4.99 Å². The van der Waals surface area contributed by atoms with Gasteiger partial charge in [-0.15, -0.1) is 11.3 Å². The zero-order valence-corrected chi connectivity index (χ0v) is 19.4. The Bertz CT molecular complexity index is 1300. The molecule has 4 aromatic rings. The number of rotatable bonds is 6. The number of hydrogen-bond donors (Lipinski definition) is 1. The summed E-state index contributed by atoms with van der Waals surface area (Å²) >= 11 is 1.42. The molecule has 0 radical (unpaired) electrons. The second-order valence-corrected chi connectivity index (χ2v) is 8.77. The van der Waals surface area contributed by atoms with Crippen LogP contribution >= 0.6 is 11.3 Å². The lowest BCUT2D eigenvalue weighted by Gasteiger charge is -2.14. The Morgan fingerprint density at radius 3 is 2.30 bits per heavy atom. The average molecular weight is 456 g/mol. The number of aryl methyl sites for hydroxylation is 1. The third-order valence-corrected chi connectivity index (χ3v) is 6.17. The first-order chi connectivity index (χ1) is 16.0. The number of thiazole rings is 1. The van der Waals surface area contributed by atoms with E-state index >= 15 is 0 Å². The normalized spacial score (nSPS) is 12.4. The van der Waals surface area contributed by atoms with E-state index in [1.807, 2.05) is 96.7 Å². The average Bonchev–Trinajstić information content (AvgIpc) is 3.26. The summed E-state index contributed by atoms with van der Waals surface area (Å²) in [5.41, 5.74) is 4.36. The molecule has 0 saturated carbocycles. The third kappa shape index (κ3) is 5.73. The van der Waals surface area contributed by atoms with Crippen LogP contribution in [0.5, 0.6) is 0 Å². The zero-order chi connectivity index (χ0) is 23.2. The highest BCUT2D eigenvalue weighted by molar-refractivity contribution is 7.07. The molecular formula is C27H25N3O2S. The smallest absolute Gasteiger partial charge is 0.279 e. The molecule has 33 heavy (non-hydrogen) atoms. The molecule has 1 N–H and O–H groups in total. The molecule has 0 saturated heterocycles. The van der Waals surface area contributed by atoms with Crippen molar-refractivity contribution in [1.82, 2.24) is 9.88 Å². The van der Waals surface area contributed by atoms with Gasteiger partial charge in [0.15, 0.2) is 4.80 Å². The summed E-state index contributed by atoms with van der Waals surface area (Å²) in [7, 11) is 0. The number of amides is 2. The van der Waals surface area contributed by atoms with E-state index in [-0.39, 0.29) is 17.9 Å². The summed E-state index contributed by atoms with van der Waals surface area (Å²) in [5, 5.41) is 4.94. The van der Waals surface area contributed by atoms with E-state index in [2.05, 4.69) is 10.3 Å². The number of nitrogens with zero attached hydrogens (tertiary/aromatic N) is 2. The number of carbonyl (C=O) groups is 2. The van der Waals surface area contributed by atoms with Crippen LogP contribution in [0.2, 0.25) is 0 Å². The van der Waals surface area contributed by atoms with Crippen molar-refractivity contribution in [3.8, 4) is 0 Å². The molecule has 0 fully saturated rings. The molecule has 0 aliphatic carbocycles. The number of hydrogen-bond acceptors (Lipinski definition) is 3. The molecule has 0 aliphatic rings. The largest absolute Gasteiger partial charge is 0.346 e. The van der Waals surface area contributed by atoms with E-state index in [4.69, 9.17) is 0 Å². The zero-order valence-electron chi connectivity index (χ0n) is 18.6. The Balaban J connectivity index is 1.44. The van der Waals surface area contributed by atoms with Gasteiger partial charge in [-0.05, 0) is 49.2 Å². The minimum absolute atomic E-state index is 0.0741. The molecule has 0 bridgehead atoms. The number of carbonyl (C=O) groups excluding carboxylic acids is 2. The first kappa shape index (κ1) is 22.4. The van der Waals surface area contributed by atoms with Crippen LogP contribution in [-0.2, 0) is 6.54 Å². The van der Waals surface area contributed by atoms with E-state index < -0.39 is 0 Å². The Morgan fingerprint density at radius 2 is 1.61 bits per heavy atom. The van der Waals surface area contributed by atoms with Gasteiger partial charge in [0.25, 0.3) is 11.8 Å². The number of benzene rings is 3. The third-order valence-electron chi connectivity index (χ3n) is 5.37. The van der Waals surface area contributed by atoms with Crippen LogP contribution in [0.15, 0.2) is 95.4 Å². The molecule has 2 amide bonds. The van der Waals surface area contributed by atoms with Crippen molar-refractivity contribution < 1.29 is 9.59 Å². The minimum atomic E-state index is -0.259. The lowest BCUT2D eigenvalue weighted by molar-refractivity contribution is 0.0938. The summed E-state index contributed by atoms with van der Waals surface area (Å²) in [5.74, 6) is -0.369. The standard InChI is InChI=1S/C27H25N3O2S/c1-19-8-12-23(13-9-19)26(32)29-27-30(16-17-33-27)18-21-10-14-24(15-11-21)25(31)28-20(2)22-6-4-3-5-7-22/h3-17,20H,18H2,1-2H3,(H,28,31). The molecule has 0 spiro atoms. The molecular weight excluding hydrogens is 430 g/mol. The first-order valence-corrected chi connectivity index (χ1v) is 11.6. The highest BCUT2D eigenvalue weighted by Crippen LogP contribution is 2.13. The van der Waals surface area contributed by atoms with Gasteiger partial charge in [-0.25, -0.2) is 0 Å². The summed E-state index contributed by atoms with van der Waals surface area (Å²) in [6.07, 6.45) is 1.91. The number of nitrogens with one attached hydrogen (secondary N) is 1. The van der Waals surface area contributed by atoms with Crippen LogP contribution in [-0.4, -0.2) is 16.4 Å². The Hall–Kier alpha value is -3.77. The van der Waals surface area contributed by atoms with E-state index in [1.165, 1.54) is 11.3 Å². The van der Waals surface area contributed by atoms with Crippen molar-refractivity contribution in [3.05, 3.63) is 123 Å². The van der Waals surface area contributed by atoms with Crippen LogP contribution in [0.4, 0.5) is 0 Å². The second kappa shape index (κ2) is 10.2. The van der Waals surface area contributed by atoms with Crippen LogP contribution in [0, 0.1) is 6.92 Å². The minimum Gasteiger partial charge on any atom is -0.346 e. The maximum Gasteiger partial charge on any atom is 0.279 e. The fourth-order valence-electron chi connectivity index (χ4n) is 3.42. The molecule has 1 aromatic heterocycles. The van der Waals surface area contributed by atoms with Gasteiger partial charge >= 0.3 is 0 Å². The van der Waals surface area contributed by atoms with Gasteiger partial charge in [-0.1, -0.05) is 60.2 Å². The molecule has 4 rings (SSSR count). The van der Waals surface area contributed by atoms with Crippen molar-refractivity contribution in [3.63, 3.8) is 0 Å². The Labute approximate surface area is 197 Å². The summed E-state index contributed by atoms with van der Waals surface area (Å²) in [6.45, 7) is 4.51. The topological polar surface area (TPSA) is 63.5 Å². The van der Waals surface area contributed by atoms with Crippen molar-refractivity contribution in [1.29, 1.82) is 0 Å². The Kier molecular flexibility index (Phi) is 6.95. The quantitative estimate of drug-likeness (QED) is 0.438. The van der Waals surface area contributed by atoms with E-state index in [9.17, 15) is 9.59 Å². The van der Waals surface area contributed by atoms with Crippen molar-refractivity contribution >= 4 is 23.2 Å².